The van der Waals surface area contributed by atoms with Crippen molar-refractivity contribution in [1.29, 1.82) is 0 Å². The fourth-order valence-electron chi connectivity index (χ4n) is 1.31. The second-order valence-electron chi connectivity index (χ2n) is 3.43. The number of hydrogen-bond donors (Lipinski definition) is 1. The number of pyridine rings is 1. The Kier molecular flexibility index (Phi) is 4.20. The standard InChI is InChI=1S/C13H10BrN3O/c14-12-7-2-1-6-11(12)13(18)17-16-9-10-5-3-4-8-15-10/h1-9H,(H,17,18)/b16-9+. The molecule has 0 aliphatic rings. The summed E-state index contributed by atoms with van der Waals surface area (Å²) < 4.78 is 0.732. The number of nitrogens with one attached hydrogen (secondary N) is 1. The second-order valence-corrected chi connectivity index (χ2v) is 4.29. The average Bonchev–Trinajstić information content (AvgIpc) is 2.40. The quantitative estimate of drug-likeness (QED) is 0.700. The van der Waals surface area contributed by atoms with Crippen molar-refractivity contribution in [3.05, 3.63) is 64.4 Å². The molecule has 0 fully saturated rings. The molecule has 0 atom stereocenters. The lowest BCUT2D eigenvalue weighted by molar-refractivity contribution is 0.0954. The third-order valence-electron chi connectivity index (χ3n) is 2.17. The van der Waals surface area contributed by atoms with Gasteiger partial charge in [-0.3, -0.25) is 9.78 Å². The van der Waals surface area contributed by atoms with Crippen LogP contribution in [0.15, 0.2) is 58.2 Å². The molecule has 4 nitrogen and oxygen atoms in total. The maximum absolute atomic E-state index is 11.8. The highest BCUT2D eigenvalue weighted by atomic mass is 79.9. The Hall–Kier alpha value is -2.01. The van der Waals surface area contributed by atoms with Gasteiger partial charge in [0.05, 0.1) is 17.5 Å². The van der Waals surface area contributed by atoms with Gasteiger partial charge in [0, 0.05) is 10.7 Å². The largest absolute Gasteiger partial charge is 0.272 e. The molecular formula is C13H10BrN3O. The molecule has 18 heavy (non-hydrogen) atoms. The van der Waals surface area contributed by atoms with E-state index in [-0.39, 0.29) is 5.91 Å². The number of benzene rings is 1. The van der Waals surface area contributed by atoms with E-state index in [0.29, 0.717) is 11.3 Å². The minimum absolute atomic E-state index is 0.269. The lowest BCUT2D eigenvalue weighted by Crippen LogP contribution is -2.18. The number of rotatable bonds is 3. The molecule has 90 valence electrons. The van der Waals surface area contributed by atoms with Crippen LogP contribution in [0.25, 0.3) is 0 Å². The Morgan fingerprint density at radius 1 is 1.22 bits per heavy atom. The fraction of sp³-hybridized carbons (Fsp3) is 0. The Morgan fingerprint density at radius 2 is 2.00 bits per heavy atom. The first-order valence-electron chi connectivity index (χ1n) is 5.26. The summed E-state index contributed by atoms with van der Waals surface area (Å²) in [7, 11) is 0. The van der Waals surface area contributed by atoms with Crippen molar-refractivity contribution >= 4 is 28.1 Å². The Balaban J connectivity index is 2.01. The molecule has 1 aromatic carbocycles. The van der Waals surface area contributed by atoms with Crippen LogP contribution in [0.4, 0.5) is 0 Å². The van der Waals surface area contributed by atoms with Crippen molar-refractivity contribution in [2.45, 2.75) is 0 Å². The predicted octanol–water partition coefficient (Wildman–Crippen LogP) is 2.61. The topological polar surface area (TPSA) is 54.4 Å². The lowest BCUT2D eigenvalue weighted by Gasteiger charge is -2.01. The van der Waals surface area contributed by atoms with Crippen LogP contribution in [-0.4, -0.2) is 17.1 Å². The minimum Gasteiger partial charge on any atom is -0.267 e. The van der Waals surface area contributed by atoms with Crippen molar-refractivity contribution in [3.8, 4) is 0 Å². The van der Waals surface area contributed by atoms with Gasteiger partial charge in [0.1, 0.15) is 0 Å². The van der Waals surface area contributed by atoms with Gasteiger partial charge in [-0.25, -0.2) is 5.43 Å². The number of amides is 1. The van der Waals surface area contributed by atoms with Crippen LogP contribution >= 0.6 is 15.9 Å². The summed E-state index contributed by atoms with van der Waals surface area (Å²) in [5.41, 5.74) is 3.67. The van der Waals surface area contributed by atoms with Gasteiger partial charge in [-0.2, -0.15) is 5.10 Å². The maximum atomic E-state index is 11.8. The van der Waals surface area contributed by atoms with E-state index in [1.54, 1.807) is 30.5 Å². The number of carbonyl (C=O) groups excluding carboxylic acids is 1. The van der Waals surface area contributed by atoms with E-state index in [4.69, 9.17) is 0 Å². The van der Waals surface area contributed by atoms with E-state index in [1.165, 1.54) is 6.21 Å². The first-order valence-corrected chi connectivity index (χ1v) is 6.05. The van der Waals surface area contributed by atoms with Crippen LogP contribution in [0.1, 0.15) is 16.1 Å². The molecule has 1 aromatic heterocycles. The van der Waals surface area contributed by atoms with E-state index < -0.39 is 0 Å². The normalized spacial score (nSPS) is 10.5. The lowest BCUT2D eigenvalue weighted by atomic mass is 10.2. The van der Waals surface area contributed by atoms with Crippen LogP contribution in [0, 0.1) is 0 Å². The summed E-state index contributed by atoms with van der Waals surface area (Å²) in [5, 5.41) is 3.85. The Labute approximate surface area is 113 Å². The molecule has 0 bridgehead atoms. The van der Waals surface area contributed by atoms with Gasteiger partial charge in [0.2, 0.25) is 0 Å². The summed E-state index contributed by atoms with van der Waals surface area (Å²) >= 11 is 3.31. The molecule has 0 unspecified atom stereocenters. The van der Waals surface area contributed by atoms with Gasteiger partial charge in [-0.1, -0.05) is 18.2 Å². The molecule has 2 aromatic rings. The number of nitrogens with zero attached hydrogens (tertiary/aromatic N) is 2. The Morgan fingerprint density at radius 3 is 2.72 bits per heavy atom. The summed E-state index contributed by atoms with van der Waals surface area (Å²) in [5.74, 6) is -0.269. The van der Waals surface area contributed by atoms with Gasteiger partial charge in [0.25, 0.3) is 5.91 Å². The third kappa shape index (κ3) is 3.24. The average molecular weight is 304 g/mol. The van der Waals surface area contributed by atoms with E-state index in [1.807, 2.05) is 18.2 Å². The smallest absolute Gasteiger partial charge is 0.267 e. The van der Waals surface area contributed by atoms with Gasteiger partial charge >= 0.3 is 0 Å². The molecule has 0 aliphatic heterocycles. The predicted molar refractivity (Wildman–Crippen MR) is 73.4 cm³/mol. The van der Waals surface area contributed by atoms with Crippen LogP contribution in [0.5, 0.6) is 0 Å². The van der Waals surface area contributed by atoms with Crippen LogP contribution in [-0.2, 0) is 0 Å². The number of hydrazone groups is 1. The first-order chi connectivity index (χ1) is 8.77. The van der Waals surface area contributed by atoms with Crippen molar-refractivity contribution in [3.63, 3.8) is 0 Å². The highest BCUT2D eigenvalue weighted by Gasteiger charge is 2.07. The Bertz CT molecular complexity index is 569. The van der Waals surface area contributed by atoms with Gasteiger partial charge < -0.3 is 0 Å². The van der Waals surface area contributed by atoms with Crippen molar-refractivity contribution < 1.29 is 4.79 Å². The molecule has 2 rings (SSSR count). The molecule has 0 saturated heterocycles. The zero-order chi connectivity index (χ0) is 12.8. The highest BCUT2D eigenvalue weighted by Crippen LogP contribution is 2.15. The van der Waals surface area contributed by atoms with E-state index >= 15 is 0 Å². The van der Waals surface area contributed by atoms with E-state index in [2.05, 4.69) is 31.4 Å². The summed E-state index contributed by atoms with van der Waals surface area (Å²) in [6, 6.07) is 12.6. The number of aromatic nitrogens is 1. The monoisotopic (exact) mass is 303 g/mol. The molecule has 1 amide bonds. The molecule has 1 N–H and O–H groups in total. The first kappa shape index (κ1) is 12.4. The zero-order valence-corrected chi connectivity index (χ0v) is 11.0. The number of hydrogen-bond acceptors (Lipinski definition) is 3. The molecule has 0 aliphatic carbocycles. The summed E-state index contributed by atoms with van der Waals surface area (Å²) in [6.07, 6.45) is 3.16. The molecule has 0 saturated carbocycles. The summed E-state index contributed by atoms with van der Waals surface area (Å²) in [6.45, 7) is 0. The van der Waals surface area contributed by atoms with Gasteiger partial charge in [0.15, 0.2) is 0 Å². The molecular weight excluding hydrogens is 294 g/mol. The van der Waals surface area contributed by atoms with E-state index in [0.717, 1.165) is 4.47 Å². The zero-order valence-electron chi connectivity index (χ0n) is 9.38. The highest BCUT2D eigenvalue weighted by molar-refractivity contribution is 9.10. The minimum atomic E-state index is -0.269. The van der Waals surface area contributed by atoms with Crippen molar-refractivity contribution in [2.24, 2.45) is 5.10 Å². The van der Waals surface area contributed by atoms with Crippen LogP contribution in [0.2, 0.25) is 0 Å². The maximum Gasteiger partial charge on any atom is 0.272 e. The second kappa shape index (κ2) is 6.07. The van der Waals surface area contributed by atoms with Gasteiger partial charge in [-0.15, -0.1) is 0 Å². The van der Waals surface area contributed by atoms with Crippen molar-refractivity contribution in [1.82, 2.24) is 10.4 Å². The molecule has 0 spiro atoms. The number of carbonyl (C=O) groups is 1. The van der Waals surface area contributed by atoms with E-state index in [9.17, 15) is 4.79 Å². The van der Waals surface area contributed by atoms with Crippen molar-refractivity contribution in [2.75, 3.05) is 0 Å². The molecule has 0 radical (unpaired) electrons. The molecule has 1 heterocycles. The third-order valence-corrected chi connectivity index (χ3v) is 2.86. The van der Waals surface area contributed by atoms with Gasteiger partial charge in [-0.05, 0) is 40.2 Å². The fourth-order valence-corrected chi connectivity index (χ4v) is 1.78. The SMILES string of the molecule is O=C(N/N=C/c1ccccn1)c1ccccc1Br. The van der Waals surface area contributed by atoms with Crippen LogP contribution < -0.4 is 5.43 Å². The molecule has 5 heteroatoms. The van der Waals surface area contributed by atoms with Crippen LogP contribution in [0.3, 0.4) is 0 Å². The summed E-state index contributed by atoms with van der Waals surface area (Å²) in [4.78, 5) is 15.8. The number of halogens is 1.